The van der Waals surface area contributed by atoms with Gasteiger partial charge in [-0.05, 0) is 39.3 Å². The van der Waals surface area contributed by atoms with Crippen LogP contribution >= 0.6 is 0 Å². The van der Waals surface area contributed by atoms with Crippen LogP contribution in [-0.4, -0.2) is 52.8 Å². The Balaban J connectivity index is 1.84. The minimum absolute atomic E-state index is 0.0160. The van der Waals surface area contributed by atoms with Gasteiger partial charge >= 0.3 is 12.1 Å². The van der Waals surface area contributed by atoms with E-state index >= 15 is 0 Å². The lowest BCUT2D eigenvalue weighted by Gasteiger charge is -2.19. The van der Waals surface area contributed by atoms with Crippen LogP contribution in [0.1, 0.15) is 50.4 Å². The SMILES string of the molecule is CC(C)(C)OC(=O)NCCCOc1cc(O)cc(C(=O)ON2C(=O)CCC2=O)c1. The molecule has 0 unspecified atom stereocenters. The molecule has 0 bridgehead atoms. The topological polar surface area (TPSA) is 131 Å². The highest BCUT2D eigenvalue weighted by Crippen LogP contribution is 2.23. The lowest BCUT2D eigenvalue weighted by molar-refractivity contribution is -0.172. The van der Waals surface area contributed by atoms with Gasteiger partial charge in [0, 0.05) is 25.5 Å². The number of carbonyl (C=O) groups is 4. The number of hydrogen-bond donors (Lipinski definition) is 2. The number of amides is 3. The summed E-state index contributed by atoms with van der Waals surface area (Å²) in [4.78, 5) is 51.6. The van der Waals surface area contributed by atoms with Crippen LogP contribution in [0, 0.1) is 0 Å². The number of phenols is 1. The van der Waals surface area contributed by atoms with E-state index in [0.29, 0.717) is 18.0 Å². The van der Waals surface area contributed by atoms with E-state index in [1.165, 1.54) is 12.1 Å². The Labute approximate surface area is 167 Å². The summed E-state index contributed by atoms with van der Waals surface area (Å²) in [5, 5.41) is 12.8. The fourth-order valence-electron chi connectivity index (χ4n) is 2.34. The van der Waals surface area contributed by atoms with E-state index in [-0.39, 0.29) is 36.5 Å². The van der Waals surface area contributed by atoms with Crippen molar-refractivity contribution in [3.05, 3.63) is 23.8 Å². The van der Waals surface area contributed by atoms with E-state index in [2.05, 4.69) is 5.32 Å². The summed E-state index contributed by atoms with van der Waals surface area (Å²) in [6.45, 7) is 5.78. The first kappa shape index (κ1) is 22.0. The van der Waals surface area contributed by atoms with Crippen LogP contribution in [0.3, 0.4) is 0 Å². The van der Waals surface area contributed by atoms with Crippen molar-refractivity contribution >= 4 is 23.9 Å². The normalized spacial score (nSPS) is 14.0. The minimum Gasteiger partial charge on any atom is -0.508 e. The summed E-state index contributed by atoms with van der Waals surface area (Å²) < 4.78 is 10.6. The van der Waals surface area contributed by atoms with Crippen LogP contribution in [0.25, 0.3) is 0 Å². The summed E-state index contributed by atoms with van der Waals surface area (Å²) in [7, 11) is 0. The van der Waals surface area contributed by atoms with Crippen molar-refractivity contribution in [1.82, 2.24) is 10.4 Å². The number of carbonyl (C=O) groups excluding carboxylic acids is 4. The molecule has 2 rings (SSSR count). The highest BCUT2D eigenvalue weighted by atomic mass is 16.7. The van der Waals surface area contributed by atoms with Crippen LogP contribution in [0.4, 0.5) is 4.79 Å². The van der Waals surface area contributed by atoms with E-state index in [1.807, 2.05) is 0 Å². The van der Waals surface area contributed by atoms with Gasteiger partial charge in [-0.1, -0.05) is 0 Å². The Hall–Kier alpha value is -3.30. The fourth-order valence-corrected chi connectivity index (χ4v) is 2.34. The second-order valence-corrected chi connectivity index (χ2v) is 7.31. The Morgan fingerprint density at radius 3 is 2.41 bits per heavy atom. The van der Waals surface area contributed by atoms with Crippen LogP contribution < -0.4 is 10.1 Å². The maximum absolute atomic E-state index is 12.2. The molecule has 0 saturated carbocycles. The number of aromatic hydroxyl groups is 1. The third-order valence-corrected chi connectivity index (χ3v) is 3.57. The molecule has 29 heavy (non-hydrogen) atoms. The first-order valence-corrected chi connectivity index (χ1v) is 9.07. The van der Waals surface area contributed by atoms with E-state index < -0.39 is 29.5 Å². The first-order valence-electron chi connectivity index (χ1n) is 9.07. The Kier molecular flexibility index (Phi) is 7.03. The van der Waals surface area contributed by atoms with Crippen LogP contribution in [-0.2, 0) is 19.2 Å². The third-order valence-electron chi connectivity index (χ3n) is 3.57. The van der Waals surface area contributed by atoms with E-state index in [0.717, 1.165) is 6.07 Å². The van der Waals surface area contributed by atoms with Crippen molar-refractivity contribution in [2.45, 2.75) is 45.6 Å². The molecule has 0 spiro atoms. The van der Waals surface area contributed by atoms with Crippen molar-refractivity contribution in [2.75, 3.05) is 13.2 Å². The van der Waals surface area contributed by atoms with E-state index in [9.17, 15) is 24.3 Å². The molecule has 1 aromatic rings. The maximum Gasteiger partial charge on any atom is 0.407 e. The highest BCUT2D eigenvalue weighted by molar-refractivity contribution is 6.02. The van der Waals surface area contributed by atoms with Gasteiger partial charge in [0.1, 0.15) is 17.1 Å². The number of imide groups is 1. The lowest BCUT2D eigenvalue weighted by Crippen LogP contribution is -2.33. The Bertz CT molecular complexity index is 784. The van der Waals surface area contributed by atoms with Gasteiger partial charge < -0.3 is 24.7 Å². The van der Waals surface area contributed by atoms with Crippen molar-refractivity contribution in [3.8, 4) is 11.5 Å². The molecular weight excluding hydrogens is 384 g/mol. The van der Waals surface area contributed by atoms with Crippen molar-refractivity contribution in [1.29, 1.82) is 0 Å². The van der Waals surface area contributed by atoms with E-state index in [4.69, 9.17) is 14.3 Å². The molecule has 158 valence electrons. The van der Waals surface area contributed by atoms with Gasteiger partial charge in [0.2, 0.25) is 0 Å². The summed E-state index contributed by atoms with van der Waals surface area (Å²) in [6.07, 6.45) is -0.118. The predicted octanol–water partition coefficient (Wildman–Crippen LogP) is 1.91. The van der Waals surface area contributed by atoms with Gasteiger partial charge in [-0.3, -0.25) is 9.59 Å². The predicted molar refractivity (Wildman–Crippen MR) is 99.0 cm³/mol. The number of nitrogens with zero attached hydrogens (tertiary/aromatic N) is 1. The summed E-state index contributed by atoms with van der Waals surface area (Å²) in [5.74, 6) is -2.23. The molecule has 0 atom stereocenters. The van der Waals surface area contributed by atoms with Gasteiger partial charge in [0.05, 0.1) is 12.2 Å². The van der Waals surface area contributed by atoms with Gasteiger partial charge in [-0.25, -0.2) is 9.59 Å². The monoisotopic (exact) mass is 408 g/mol. The first-order chi connectivity index (χ1) is 13.5. The minimum atomic E-state index is -0.971. The molecule has 1 aliphatic rings. The number of rotatable bonds is 7. The Morgan fingerprint density at radius 1 is 1.14 bits per heavy atom. The number of ether oxygens (including phenoxy) is 2. The number of alkyl carbamates (subject to hydrolysis) is 1. The average Bonchev–Trinajstić information content (AvgIpc) is 2.91. The lowest BCUT2D eigenvalue weighted by atomic mass is 10.2. The standard InChI is InChI=1S/C19H24N2O8/c1-19(2,3)28-18(26)20-7-4-8-27-14-10-12(9-13(22)11-14)17(25)29-21-15(23)5-6-16(21)24/h9-11,22H,4-8H2,1-3H3,(H,20,26). The third kappa shape index (κ3) is 6.98. The number of hydrogen-bond acceptors (Lipinski definition) is 8. The molecule has 0 aromatic heterocycles. The highest BCUT2D eigenvalue weighted by Gasteiger charge is 2.33. The molecule has 0 aliphatic carbocycles. The molecule has 2 N–H and O–H groups in total. The molecule has 1 aliphatic heterocycles. The van der Waals surface area contributed by atoms with Crippen molar-refractivity contribution < 1.29 is 38.6 Å². The maximum atomic E-state index is 12.2. The molecule has 10 heteroatoms. The fraction of sp³-hybridized carbons (Fsp3) is 0.474. The molecule has 1 heterocycles. The zero-order valence-corrected chi connectivity index (χ0v) is 16.5. The smallest absolute Gasteiger partial charge is 0.407 e. The Morgan fingerprint density at radius 2 is 1.79 bits per heavy atom. The molecule has 1 fully saturated rings. The van der Waals surface area contributed by atoms with Crippen LogP contribution in [0.2, 0.25) is 0 Å². The molecule has 10 nitrogen and oxygen atoms in total. The number of hydroxylamine groups is 2. The van der Waals surface area contributed by atoms with Gasteiger partial charge in [0.15, 0.2) is 0 Å². The molecular formula is C19H24N2O8. The second kappa shape index (κ2) is 9.26. The van der Waals surface area contributed by atoms with Crippen LogP contribution in [0.15, 0.2) is 18.2 Å². The van der Waals surface area contributed by atoms with Crippen LogP contribution in [0.5, 0.6) is 11.5 Å². The number of phenolic OH excluding ortho intramolecular Hbond substituents is 1. The van der Waals surface area contributed by atoms with Crippen molar-refractivity contribution in [3.63, 3.8) is 0 Å². The molecule has 0 radical (unpaired) electrons. The zero-order chi connectivity index (χ0) is 21.6. The molecule has 1 saturated heterocycles. The van der Waals surface area contributed by atoms with Crippen molar-refractivity contribution in [2.24, 2.45) is 0 Å². The van der Waals surface area contributed by atoms with E-state index in [1.54, 1.807) is 20.8 Å². The quantitative estimate of drug-likeness (QED) is 0.517. The zero-order valence-electron chi connectivity index (χ0n) is 16.5. The molecule has 3 amide bonds. The summed E-state index contributed by atoms with van der Waals surface area (Å²) >= 11 is 0. The van der Waals surface area contributed by atoms with Gasteiger partial charge in [0.25, 0.3) is 11.8 Å². The summed E-state index contributed by atoms with van der Waals surface area (Å²) in [5.41, 5.74) is -0.670. The summed E-state index contributed by atoms with van der Waals surface area (Å²) in [6, 6.07) is 3.74. The van der Waals surface area contributed by atoms with Gasteiger partial charge in [-0.2, -0.15) is 0 Å². The number of benzene rings is 1. The molecule has 1 aromatic carbocycles. The number of nitrogens with one attached hydrogen (secondary N) is 1. The van der Waals surface area contributed by atoms with Gasteiger partial charge in [-0.15, -0.1) is 5.06 Å². The second-order valence-electron chi connectivity index (χ2n) is 7.31. The largest absolute Gasteiger partial charge is 0.508 e. The average molecular weight is 408 g/mol.